The number of hydrogen-bond donors (Lipinski definition) is 0. The smallest absolute Gasteiger partial charge is 0.0381 e. The standard InChI is InChI=1S/C18H25N/c1-4-5-6-7-8-16-9-10-17(13-16)18-11-14(2)19-15(3)12-18/h9-12H,4-8,13H2,1-3H3. The Bertz CT molecular complexity index is 474. The lowest BCUT2D eigenvalue weighted by molar-refractivity contribution is 0.662. The van der Waals surface area contributed by atoms with Crippen molar-refractivity contribution in [3.63, 3.8) is 0 Å². The molecule has 0 aliphatic heterocycles. The zero-order chi connectivity index (χ0) is 13.7. The van der Waals surface area contributed by atoms with E-state index in [1.54, 1.807) is 5.57 Å². The van der Waals surface area contributed by atoms with E-state index in [0.717, 1.165) is 17.8 Å². The van der Waals surface area contributed by atoms with Gasteiger partial charge in [-0.15, -0.1) is 0 Å². The van der Waals surface area contributed by atoms with Gasteiger partial charge in [0, 0.05) is 11.4 Å². The van der Waals surface area contributed by atoms with Crippen LogP contribution in [0.2, 0.25) is 0 Å². The van der Waals surface area contributed by atoms with Gasteiger partial charge < -0.3 is 0 Å². The molecule has 2 rings (SSSR count). The van der Waals surface area contributed by atoms with Crippen LogP contribution in [0.3, 0.4) is 0 Å². The molecule has 0 saturated heterocycles. The molecule has 1 aromatic heterocycles. The van der Waals surface area contributed by atoms with Crippen molar-refractivity contribution in [2.24, 2.45) is 0 Å². The Kier molecular flexibility index (Phi) is 4.95. The summed E-state index contributed by atoms with van der Waals surface area (Å²) in [5, 5.41) is 0. The highest BCUT2D eigenvalue weighted by Crippen LogP contribution is 2.31. The van der Waals surface area contributed by atoms with Crippen molar-refractivity contribution >= 4 is 5.57 Å². The summed E-state index contributed by atoms with van der Waals surface area (Å²) >= 11 is 0. The Hall–Kier alpha value is -1.37. The number of hydrogen-bond acceptors (Lipinski definition) is 1. The molecule has 0 radical (unpaired) electrons. The molecule has 102 valence electrons. The molecule has 0 aromatic carbocycles. The normalized spacial score (nSPS) is 14.5. The summed E-state index contributed by atoms with van der Waals surface area (Å²) in [6.45, 7) is 6.42. The van der Waals surface area contributed by atoms with Crippen LogP contribution in [0.25, 0.3) is 5.57 Å². The summed E-state index contributed by atoms with van der Waals surface area (Å²) < 4.78 is 0. The quantitative estimate of drug-likeness (QED) is 0.622. The van der Waals surface area contributed by atoms with Crippen molar-refractivity contribution < 1.29 is 0 Å². The minimum absolute atomic E-state index is 1.12. The first-order valence-electron chi connectivity index (χ1n) is 7.53. The Balaban J connectivity index is 1.89. The van der Waals surface area contributed by atoms with Crippen LogP contribution >= 0.6 is 0 Å². The van der Waals surface area contributed by atoms with E-state index in [-0.39, 0.29) is 0 Å². The molecule has 1 heteroatoms. The highest BCUT2D eigenvalue weighted by Gasteiger charge is 2.11. The fourth-order valence-electron chi connectivity index (χ4n) is 2.75. The van der Waals surface area contributed by atoms with Gasteiger partial charge in [-0.25, -0.2) is 0 Å². The van der Waals surface area contributed by atoms with Crippen LogP contribution in [0, 0.1) is 13.8 Å². The summed E-state index contributed by atoms with van der Waals surface area (Å²) in [6, 6.07) is 4.40. The van der Waals surface area contributed by atoms with Crippen molar-refractivity contribution in [3.05, 3.63) is 46.8 Å². The third-order valence-corrected chi connectivity index (χ3v) is 3.74. The Morgan fingerprint density at radius 2 is 1.74 bits per heavy atom. The molecular weight excluding hydrogens is 230 g/mol. The maximum Gasteiger partial charge on any atom is 0.0381 e. The van der Waals surface area contributed by atoms with Crippen LogP contribution in [0.4, 0.5) is 0 Å². The summed E-state index contributed by atoms with van der Waals surface area (Å²) in [6.07, 6.45) is 12.4. The highest BCUT2D eigenvalue weighted by atomic mass is 14.7. The van der Waals surface area contributed by atoms with E-state index < -0.39 is 0 Å². The van der Waals surface area contributed by atoms with Gasteiger partial charge in [0.15, 0.2) is 0 Å². The van der Waals surface area contributed by atoms with Crippen LogP contribution in [0.1, 0.15) is 62.4 Å². The van der Waals surface area contributed by atoms with Crippen LogP contribution in [-0.4, -0.2) is 4.98 Å². The molecule has 0 saturated carbocycles. The average molecular weight is 255 g/mol. The van der Waals surface area contributed by atoms with E-state index in [9.17, 15) is 0 Å². The number of unbranched alkanes of at least 4 members (excludes halogenated alkanes) is 3. The van der Waals surface area contributed by atoms with E-state index in [1.807, 2.05) is 0 Å². The second kappa shape index (κ2) is 6.70. The van der Waals surface area contributed by atoms with Gasteiger partial charge in [0.1, 0.15) is 0 Å². The van der Waals surface area contributed by atoms with Crippen molar-refractivity contribution in [1.82, 2.24) is 4.98 Å². The van der Waals surface area contributed by atoms with Gasteiger partial charge in [-0.2, -0.15) is 0 Å². The fraction of sp³-hybridized carbons (Fsp3) is 0.500. The molecule has 0 N–H and O–H groups in total. The maximum absolute atomic E-state index is 4.45. The summed E-state index contributed by atoms with van der Waals surface area (Å²) in [5.41, 5.74) is 6.64. The monoisotopic (exact) mass is 255 g/mol. The van der Waals surface area contributed by atoms with Crippen molar-refractivity contribution in [2.75, 3.05) is 0 Å². The van der Waals surface area contributed by atoms with Gasteiger partial charge in [0.05, 0.1) is 0 Å². The van der Waals surface area contributed by atoms with Crippen molar-refractivity contribution in [3.8, 4) is 0 Å². The first-order valence-corrected chi connectivity index (χ1v) is 7.53. The summed E-state index contributed by atoms with van der Waals surface area (Å²) in [5.74, 6) is 0. The SMILES string of the molecule is CCCCCCC1=CC=C(c2cc(C)nc(C)c2)C1. The predicted octanol–water partition coefficient (Wildman–Crippen LogP) is 5.38. The Labute approximate surface area is 117 Å². The first kappa shape index (κ1) is 14.0. The van der Waals surface area contributed by atoms with Gasteiger partial charge in [-0.05, 0) is 56.4 Å². The van der Waals surface area contributed by atoms with Crippen molar-refractivity contribution in [1.29, 1.82) is 0 Å². The lowest BCUT2D eigenvalue weighted by Gasteiger charge is -2.08. The molecule has 0 amide bonds. The van der Waals surface area contributed by atoms with Crippen LogP contribution in [0.15, 0.2) is 29.9 Å². The molecule has 1 aliphatic rings. The minimum Gasteiger partial charge on any atom is -0.258 e. The van der Waals surface area contributed by atoms with Gasteiger partial charge in [0.2, 0.25) is 0 Å². The third-order valence-electron chi connectivity index (χ3n) is 3.74. The zero-order valence-electron chi connectivity index (χ0n) is 12.5. The van der Waals surface area contributed by atoms with Crippen LogP contribution < -0.4 is 0 Å². The molecular formula is C18H25N. The van der Waals surface area contributed by atoms with Gasteiger partial charge in [-0.3, -0.25) is 4.98 Å². The molecule has 1 nitrogen and oxygen atoms in total. The van der Waals surface area contributed by atoms with E-state index in [2.05, 4.69) is 50.0 Å². The second-order valence-corrected chi connectivity index (χ2v) is 5.64. The number of aryl methyl sites for hydroxylation is 2. The molecule has 19 heavy (non-hydrogen) atoms. The molecule has 1 aromatic rings. The van der Waals surface area contributed by atoms with E-state index >= 15 is 0 Å². The van der Waals surface area contributed by atoms with E-state index in [1.165, 1.54) is 43.2 Å². The molecule has 0 bridgehead atoms. The summed E-state index contributed by atoms with van der Waals surface area (Å²) in [7, 11) is 0. The molecule has 1 heterocycles. The van der Waals surface area contributed by atoms with Gasteiger partial charge >= 0.3 is 0 Å². The molecule has 0 fully saturated rings. The average Bonchev–Trinajstić information content (AvgIpc) is 2.82. The third kappa shape index (κ3) is 4.05. The lowest BCUT2D eigenvalue weighted by atomic mass is 9.99. The zero-order valence-corrected chi connectivity index (χ0v) is 12.5. The van der Waals surface area contributed by atoms with Crippen LogP contribution in [-0.2, 0) is 0 Å². The number of rotatable bonds is 6. The van der Waals surface area contributed by atoms with Gasteiger partial charge in [-0.1, -0.05) is 43.9 Å². The van der Waals surface area contributed by atoms with Crippen LogP contribution in [0.5, 0.6) is 0 Å². The highest BCUT2D eigenvalue weighted by molar-refractivity contribution is 5.72. The summed E-state index contributed by atoms with van der Waals surface area (Å²) in [4.78, 5) is 4.45. The fourth-order valence-corrected chi connectivity index (χ4v) is 2.75. The van der Waals surface area contributed by atoms with E-state index in [4.69, 9.17) is 0 Å². The first-order chi connectivity index (χ1) is 9.19. The number of nitrogens with zero attached hydrogens (tertiary/aromatic N) is 1. The largest absolute Gasteiger partial charge is 0.258 e. The number of pyridine rings is 1. The topological polar surface area (TPSA) is 12.9 Å². The maximum atomic E-state index is 4.45. The van der Waals surface area contributed by atoms with E-state index in [0.29, 0.717) is 0 Å². The Morgan fingerprint density at radius 1 is 1.00 bits per heavy atom. The van der Waals surface area contributed by atoms with Gasteiger partial charge in [0.25, 0.3) is 0 Å². The minimum atomic E-state index is 1.12. The molecule has 0 spiro atoms. The number of aromatic nitrogens is 1. The number of allylic oxidation sites excluding steroid dienone is 4. The molecule has 0 atom stereocenters. The second-order valence-electron chi connectivity index (χ2n) is 5.64. The predicted molar refractivity (Wildman–Crippen MR) is 83.1 cm³/mol. The lowest BCUT2D eigenvalue weighted by Crippen LogP contribution is -1.91. The molecule has 1 aliphatic carbocycles. The molecule has 0 unspecified atom stereocenters. The Morgan fingerprint density at radius 3 is 2.42 bits per heavy atom. The van der Waals surface area contributed by atoms with Crippen molar-refractivity contribution in [2.45, 2.75) is 59.3 Å².